The zero-order chi connectivity index (χ0) is 40.3. The lowest BCUT2D eigenvalue weighted by molar-refractivity contribution is -0.144. The van der Waals surface area contributed by atoms with E-state index >= 15 is 0 Å². The number of H-pyrrole nitrogens is 1. The summed E-state index contributed by atoms with van der Waals surface area (Å²) in [5, 5.41) is 60.9. The number of carboxylic acid groups (broad SMARTS) is 2. The van der Waals surface area contributed by atoms with Crippen molar-refractivity contribution in [3.05, 3.63) is 53.7 Å². The van der Waals surface area contributed by atoms with E-state index in [1.165, 1.54) is 13.8 Å². The van der Waals surface area contributed by atoms with Crippen LogP contribution in [0.1, 0.15) is 62.9 Å². The van der Waals surface area contributed by atoms with Crippen LogP contribution in [0.2, 0.25) is 0 Å². The molecule has 0 unspecified atom stereocenters. The minimum Gasteiger partial charge on any atom is -0.504 e. The van der Waals surface area contributed by atoms with E-state index < -0.39 is 101 Å². The zero-order valence-corrected chi connectivity index (χ0v) is 30.1. The Kier molecular flexibility index (Phi) is 14.8. The number of para-hydroxylation sites is 1. The first kappa shape index (κ1) is 42.1. The first-order valence-electron chi connectivity index (χ1n) is 17.1. The van der Waals surface area contributed by atoms with Crippen LogP contribution in [-0.2, 0) is 35.2 Å². The quantitative estimate of drug-likeness (QED) is 0.0600. The first-order valence-corrected chi connectivity index (χ1v) is 17.1. The number of hydrogen-bond donors (Lipinski definition) is 11. The van der Waals surface area contributed by atoms with Crippen molar-refractivity contribution in [1.29, 1.82) is 0 Å². The molecule has 18 nitrogen and oxygen atoms in total. The summed E-state index contributed by atoms with van der Waals surface area (Å²) in [5.41, 5.74) is 1.30. The van der Waals surface area contributed by atoms with Gasteiger partial charge in [0.1, 0.15) is 24.2 Å². The van der Waals surface area contributed by atoms with Gasteiger partial charge in [-0.05, 0) is 42.0 Å². The van der Waals surface area contributed by atoms with Gasteiger partial charge in [0.2, 0.25) is 23.6 Å². The van der Waals surface area contributed by atoms with Gasteiger partial charge in [0, 0.05) is 42.0 Å². The van der Waals surface area contributed by atoms with Crippen LogP contribution in [0, 0.1) is 11.8 Å². The number of benzene rings is 2. The average molecular weight is 755 g/mol. The summed E-state index contributed by atoms with van der Waals surface area (Å²) >= 11 is 0. The number of aromatic nitrogens is 1. The van der Waals surface area contributed by atoms with Gasteiger partial charge < -0.3 is 57.1 Å². The second-order valence-corrected chi connectivity index (χ2v) is 13.4. The number of rotatable bonds is 19. The Morgan fingerprint density at radius 2 is 1.33 bits per heavy atom. The number of aliphatic carboxylic acids is 2. The van der Waals surface area contributed by atoms with Gasteiger partial charge in [-0.15, -0.1) is 0 Å². The lowest BCUT2D eigenvalue weighted by Gasteiger charge is -2.28. The van der Waals surface area contributed by atoms with E-state index in [0.29, 0.717) is 5.56 Å². The summed E-state index contributed by atoms with van der Waals surface area (Å²) in [6.45, 7) is 6.25. The van der Waals surface area contributed by atoms with E-state index in [4.69, 9.17) is 0 Å². The summed E-state index contributed by atoms with van der Waals surface area (Å²) in [7, 11) is 0. The number of carbonyl (C=O) groups is 7. The molecular formula is C36H46N6O12. The van der Waals surface area contributed by atoms with Crippen LogP contribution in [0.15, 0.2) is 42.6 Å². The Hall–Kier alpha value is -6.33. The van der Waals surface area contributed by atoms with Crippen LogP contribution < -0.4 is 26.6 Å². The molecular weight excluding hydrogens is 708 g/mol. The van der Waals surface area contributed by atoms with Crippen molar-refractivity contribution < 1.29 is 59.1 Å². The van der Waals surface area contributed by atoms with Crippen molar-refractivity contribution in [3.8, 4) is 17.2 Å². The van der Waals surface area contributed by atoms with Gasteiger partial charge >= 0.3 is 11.9 Å². The summed E-state index contributed by atoms with van der Waals surface area (Å²) in [5.74, 6) is -10.1. The summed E-state index contributed by atoms with van der Waals surface area (Å²) < 4.78 is 0. The molecule has 0 fully saturated rings. The number of carboxylic acids is 2. The molecule has 1 heterocycles. The Morgan fingerprint density at radius 1 is 0.741 bits per heavy atom. The number of carbonyl (C=O) groups excluding carboxylic acids is 5. The molecule has 3 aromatic rings. The van der Waals surface area contributed by atoms with Crippen molar-refractivity contribution in [1.82, 2.24) is 31.6 Å². The van der Waals surface area contributed by atoms with Crippen LogP contribution in [-0.4, -0.2) is 103 Å². The summed E-state index contributed by atoms with van der Waals surface area (Å²) in [6.07, 6.45) is 0.736. The van der Waals surface area contributed by atoms with E-state index in [-0.39, 0.29) is 31.4 Å². The monoisotopic (exact) mass is 754 g/mol. The fourth-order valence-electron chi connectivity index (χ4n) is 5.49. The molecule has 54 heavy (non-hydrogen) atoms. The molecule has 4 atom stereocenters. The molecule has 0 aliphatic rings. The second kappa shape index (κ2) is 19.0. The summed E-state index contributed by atoms with van der Waals surface area (Å²) in [6, 6.07) is 3.57. The molecule has 3 rings (SSSR count). The minimum absolute atomic E-state index is 0.0149. The van der Waals surface area contributed by atoms with E-state index in [9.17, 15) is 59.1 Å². The molecule has 11 N–H and O–H groups in total. The molecule has 18 heteroatoms. The highest BCUT2D eigenvalue weighted by Gasteiger charge is 2.34. The minimum atomic E-state index is -1.68. The molecule has 0 saturated carbocycles. The van der Waals surface area contributed by atoms with Crippen molar-refractivity contribution in [2.24, 2.45) is 11.8 Å². The summed E-state index contributed by atoms with van der Waals surface area (Å²) in [4.78, 5) is 92.2. The molecule has 2 aromatic carbocycles. The van der Waals surface area contributed by atoms with Crippen molar-refractivity contribution in [2.75, 3.05) is 6.54 Å². The molecule has 292 valence electrons. The van der Waals surface area contributed by atoms with Crippen LogP contribution in [0.3, 0.4) is 0 Å². The number of aromatic hydroxyl groups is 3. The maximum absolute atomic E-state index is 13.8. The Morgan fingerprint density at radius 3 is 1.93 bits per heavy atom. The molecule has 5 amide bonds. The highest BCUT2D eigenvalue weighted by atomic mass is 16.4. The van der Waals surface area contributed by atoms with Gasteiger partial charge in [-0.2, -0.15) is 0 Å². The number of fused-ring (bicyclic) bond motifs is 1. The highest BCUT2D eigenvalue weighted by Crippen LogP contribution is 2.35. The zero-order valence-electron chi connectivity index (χ0n) is 30.1. The van der Waals surface area contributed by atoms with Crippen LogP contribution in [0.4, 0.5) is 0 Å². The maximum Gasteiger partial charge on any atom is 0.326 e. The largest absolute Gasteiger partial charge is 0.504 e. The Bertz CT molecular complexity index is 1850. The van der Waals surface area contributed by atoms with Crippen molar-refractivity contribution in [3.63, 3.8) is 0 Å². The number of aromatic amines is 1. The molecule has 0 aliphatic heterocycles. The number of hydrogen-bond acceptors (Lipinski definition) is 10. The predicted octanol–water partition coefficient (Wildman–Crippen LogP) is 0.848. The number of nitrogens with one attached hydrogen (secondary N) is 6. The third-order valence-corrected chi connectivity index (χ3v) is 8.44. The van der Waals surface area contributed by atoms with Crippen LogP contribution in [0.5, 0.6) is 17.2 Å². The van der Waals surface area contributed by atoms with E-state index in [1.807, 2.05) is 18.2 Å². The van der Waals surface area contributed by atoms with Crippen LogP contribution >= 0.6 is 0 Å². The lowest BCUT2D eigenvalue weighted by atomic mass is 9.99. The van der Waals surface area contributed by atoms with Crippen molar-refractivity contribution in [2.45, 2.75) is 77.5 Å². The molecule has 0 radical (unpaired) electrons. The van der Waals surface area contributed by atoms with Crippen molar-refractivity contribution >= 4 is 52.4 Å². The molecule has 1 aromatic heterocycles. The molecule has 0 bridgehead atoms. The van der Waals surface area contributed by atoms with Gasteiger partial charge in [-0.3, -0.25) is 28.8 Å². The highest BCUT2D eigenvalue weighted by molar-refractivity contribution is 5.97. The van der Waals surface area contributed by atoms with Crippen LogP contribution in [0.25, 0.3) is 10.9 Å². The van der Waals surface area contributed by atoms with E-state index in [1.54, 1.807) is 26.1 Å². The predicted molar refractivity (Wildman–Crippen MR) is 192 cm³/mol. The fourth-order valence-corrected chi connectivity index (χ4v) is 5.49. The van der Waals surface area contributed by atoms with Gasteiger partial charge in [0.05, 0.1) is 6.42 Å². The normalized spacial score (nSPS) is 13.4. The number of phenols is 3. The maximum atomic E-state index is 13.8. The number of phenolic OH excluding ortho intramolecular Hbond substituents is 3. The smallest absolute Gasteiger partial charge is 0.326 e. The van der Waals surface area contributed by atoms with Gasteiger partial charge in [-0.25, -0.2) is 4.79 Å². The first-order chi connectivity index (χ1) is 25.4. The average Bonchev–Trinajstić information content (AvgIpc) is 3.51. The molecule has 0 spiro atoms. The third-order valence-electron chi connectivity index (χ3n) is 8.44. The standard InChI is InChI=1S/C36H46N6O12/c1-17(2)29(35(52)40-24(15-28(46)47)34(51)42-30(18(3)4)36(53)54)41-33(50)23(12-20-16-38-22-9-6-5-8-21(20)22)39-27(45)10-7-11-37-32(49)19-13-25(43)31(48)26(44)14-19/h5-6,8-9,13-14,16-18,23-24,29-30,38,43-44,48H,7,10-12,15H2,1-4H3,(H,37,49)(H,39,45)(H,40,52)(H,41,50)(H,42,51)(H,46,47)(H,53,54)/t23-,24-,29-,30-/m0/s1. The second-order valence-electron chi connectivity index (χ2n) is 13.4. The lowest BCUT2D eigenvalue weighted by Crippen LogP contribution is -2.59. The number of amides is 5. The van der Waals surface area contributed by atoms with Gasteiger partial charge in [0.15, 0.2) is 17.2 Å². The SMILES string of the molecule is CC(C)[C@H](NC(=O)[C@H](CC(=O)O)NC(=O)[C@@H](NC(=O)[C@H](Cc1c[nH]c2ccccc12)NC(=O)CCCNC(=O)c1cc(O)c(O)c(O)c1)C(C)C)C(=O)O. The van der Waals surface area contributed by atoms with Gasteiger partial charge in [-0.1, -0.05) is 45.9 Å². The Labute approximate surface area is 309 Å². The molecule has 0 aliphatic carbocycles. The van der Waals surface area contributed by atoms with E-state index in [2.05, 4.69) is 31.6 Å². The fraction of sp³-hybridized carbons (Fsp3) is 0.417. The third kappa shape index (κ3) is 11.6. The van der Waals surface area contributed by atoms with E-state index in [0.717, 1.165) is 23.0 Å². The Balaban J connectivity index is 1.75. The molecule has 0 saturated heterocycles. The van der Waals surface area contributed by atoms with Gasteiger partial charge in [0.25, 0.3) is 5.91 Å². The topological polar surface area (TPSA) is 297 Å².